The summed E-state index contributed by atoms with van der Waals surface area (Å²) in [5, 5.41) is 51.3. The molecule has 0 aromatic heterocycles. The van der Waals surface area contributed by atoms with Crippen molar-refractivity contribution in [3.05, 3.63) is 53.3 Å². The first-order valence-corrected chi connectivity index (χ1v) is 14.1. The smallest absolute Gasteiger partial charge is 0.253 e. The predicted octanol–water partition coefficient (Wildman–Crippen LogP) is -1.66. The summed E-state index contributed by atoms with van der Waals surface area (Å²) in [4.78, 5) is 35.0. The lowest BCUT2D eigenvalue weighted by atomic mass is 9.98. The van der Waals surface area contributed by atoms with Gasteiger partial charge in [-0.15, -0.1) is 0 Å². The van der Waals surface area contributed by atoms with Crippen LogP contribution in [0.25, 0.3) is 0 Å². The monoisotopic (exact) mass is 604 g/mol. The van der Waals surface area contributed by atoms with Gasteiger partial charge in [0.05, 0.1) is 6.61 Å². The molecule has 15 nitrogen and oxygen atoms in total. The lowest BCUT2D eigenvalue weighted by Gasteiger charge is -2.40. The van der Waals surface area contributed by atoms with Gasteiger partial charge in [-0.25, -0.2) is 10.3 Å². The average Bonchev–Trinajstić information content (AvgIpc) is 3.00. The third-order valence-electron chi connectivity index (χ3n) is 7.50. The summed E-state index contributed by atoms with van der Waals surface area (Å²) in [6, 6.07) is 6.67. The van der Waals surface area contributed by atoms with Crippen LogP contribution in [0.5, 0.6) is 0 Å². The van der Waals surface area contributed by atoms with Crippen LogP contribution in [0.15, 0.2) is 47.7 Å². The van der Waals surface area contributed by atoms with E-state index in [0.717, 1.165) is 0 Å². The number of aliphatic hydroxyl groups is 4. The molecule has 0 radical (unpaired) electrons. The highest BCUT2D eigenvalue weighted by Crippen LogP contribution is 2.30. The van der Waals surface area contributed by atoms with Gasteiger partial charge in [-0.1, -0.05) is 18.2 Å². The summed E-state index contributed by atoms with van der Waals surface area (Å²) in [6.07, 6.45) is -4.54. The number of carbonyl (C=O) groups is 2. The van der Waals surface area contributed by atoms with E-state index >= 15 is 0 Å². The van der Waals surface area contributed by atoms with Crippen LogP contribution in [0.1, 0.15) is 24.8 Å². The maximum absolute atomic E-state index is 12.8. The zero-order valence-corrected chi connectivity index (χ0v) is 23.9. The molecular weight excluding hydrogens is 564 g/mol. The second-order valence-electron chi connectivity index (χ2n) is 10.7. The molecule has 1 aromatic rings. The number of rotatable bonds is 11. The second kappa shape index (κ2) is 14.7. The van der Waals surface area contributed by atoms with Gasteiger partial charge < -0.3 is 50.8 Å². The van der Waals surface area contributed by atoms with Crippen LogP contribution in [0, 0.1) is 5.41 Å². The van der Waals surface area contributed by atoms with Crippen LogP contribution < -0.4 is 16.5 Å². The molecular formula is C28H40N6O9. The van der Waals surface area contributed by atoms with Gasteiger partial charge in [0, 0.05) is 43.0 Å². The van der Waals surface area contributed by atoms with E-state index in [1.807, 2.05) is 13.1 Å². The predicted molar refractivity (Wildman–Crippen MR) is 153 cm³/mol. The quantitative estimate of drug-likeness (QED) is 0.0467. The number of amides is 2. The Hall–Kier alpha value is -3.57. The third-order valence-corrected chi connectivity index (χ3v) is 7.50. The fraction of sp³-hybridized carbons (Fsp3) is 0.536. The summed E-state index contributed by atoms with van der Waals surface area (Å²) < 4.78 is 11.4. The lowest BCUT2D eigenvalue weighted by Crippen LogP contribution is -2.59. The second-order valence-corrected chi connectivity index (χ2v) is 10.7. The Balaban J connectivity index is 1.54. The minimum absolute atomic E-state index is 0.150. The van der Waals surface area contributed by atoms with Gasteiger partial charge in [0.15, 0.2) is 6.23 Å². The maximum Gasteiger partial charge on any atom is 0.253 e. The number of hydrogen-bond donors (Lipinski definition) is 8. The number of allylic oxidation sites excluding steroid dienone is 2. The Kier molecular flexibility index (Phi) is 11.1. The average molecular weight is 605 g/mol. The molecule has 15 heteroatoms. The van der Waals surface area contributed by atoms with Crippen LogP contribution in [0.2, 0.25) is 0 Å². The topological polar surface area (TPSA) is 223 Å². The number of amidine groups is 1. The van der Waals surface area contributed by atoms with E-state index in [-0.39, 0.29) is 17.5 Å². The number of carbonyl (C=O) groups excluding carboxylic acids is 2. The Bertz CT molecular complexity index is 1220. The Morgan fingerprint density at radius 3 is 2.60 bits per heavy atom. The molecule has 6 atom stereocenters. The van der Waals surface area contributed by atoms with Gasteiger partial charge in [0.2, 0.25) is 12.2 Å². The molecule has 2 heterocycles. The first-order chi connectivity index (χ1) is 20.6. The first kappa shape index (κ1) is 32.3. The Morgan fingerprint density at radius 1 is 1.16 bits per heavy atom. The molecule has 6 unspecified atom stereocenters. The van der Waals surface area contributed by atoms with Crippen molar-refractivity contribution in [2.75, 3.05) is 45.2 Å². The summed E-state index contributed by atoms with van der Waals surface area (Å²) in [7, 11) is 1.96. The molecule has 0 spiro atoms. The largest absolute Gasteiger partial charge is 0.462 e. The van der Waals surface area contributed by atoms with Crippen LogP contribution in [0.3, 0.4) is 0 Å². The molecule has 2 aliphatic heterocycles. The number of hydroxylamine groups is 1. The molecule has 1 aromatic carbocycles. The molecule has 9 N–H and O–H groups in total. The molecule has 0 saturated carbocycles. The highest BCUT2D eigenvalue weighted by molar-refractivity contribution is 5.96. The van der Waals surface area contributed by atoms with Crippen molar-refractivity contribution in [2.24, 2.45) is 5.73 Å². The van der Waals surface area contributed by atoms with Crippen molar-refractivity contribution in [3.63, 3.8) is 0 Å². The standard InChI is InChI=1S/C28H40N6O9/c1-33-9-11-34(12-10-33)22(37)14-21(36)32-43-27(31-17-6-4-5-16(13-17)26(29)30)18-7-2-3-8-19(18)41-28-25(40)24(39)23(38)20(15-35)42-28/h3-6,8,13,20,23-25,27-28,31,35,38-40H,2,7,9-12,14-15H2,1H3,(H3,29,30)(H,32,36). The van der Waals surface area contributed by atoms with Crippen LogP contribution in [0.4, 0.5) is 5.69 Å². The number of piperazine rings is 1. The zero-order chi connectivity index (χ0) is 31.1. The number of benzene rings is 1. The Labute approximate surface area is 249 Å². The third kappa shape index (κ3) is 8.29. The van der Waals surface area contributed by atoms with Crippen molar-refractivity contribution < 1.29 is 44.3 Å². The molecule has 1 aliphatic carbocycles. The van der Waals surface area contributed by atoms with E-state index in [4.69, 9.17) is 25.5 Å². The van der Waals surface area contributed by atoms with Crippen LogP contribution >= 0.6 is 0 Å². The van der Waals surface area contributed by atoms with Gasteiger partial charge >= 0.3 is 0 Å². The molecule has 236 valence electrons. The molecule has 43 heavy (non-hydrogen) atoms. The van der Waals surface area contributed by atoms with Crippen molar-refractivity contribution in [2.45, 2.75) is 56.2 Å². The SMILES string of the molecule is CN1CCN(C(=O)CC(=O)NOC(Nc2cccc(C(=N)N)c2)C2=C(OC3OC(CO)C(O)C(O)C3O)C=CCC2)CC1. The van der Waals surface area contributed by atoms with E-state index < -0.39 is 55.9 Å². The van der Waals surface area contributed by atoms with Gasteiger partial charge in [0.1, 0.15) is 42.4 Å². The minimum Gasteiger partial charge on any atom is -0.462 e. The zero-order valence-electron chi connectivity index (χ0n) is 23.9. The van der Waals surface area contributed by atoms with Gasteiger partial charge in [0.25, 0.3) is 5.91 Å². The lowest BCUT2D eigenvalue weighted by molar-refractivity contribution is -0.290. The number of anilines is 1. The first-order valence-electron chi connectivity index (χ1n) is 14.1. The van der Waals surface area contributed by atoms with Crippen molar-refractivity contribution in [1.29, 1.82) is 5.41 Å². The highest BCUT2D eigenvalue weighted by atomic mass is 16.7. The maximum atomic E-state index is 12.8. The number of nitrogens with one attached hydrogen (secondary N) is 3. The number of nitrogen functional groups attached to an aromatic ring is 1. The van der Waals surface area contributed by atoms with Gasteiger partial charge in [-0.2, -0.15) is 0 Å². The number of nitrogens with zero attached hydrogens (tertiary/aromatic N) is 2. The van der Waals surface area contributed by atoms with E-state index in [0.29, 0.717) is 55.8 Å². The van der Waals surface area contributed by atoms with Crippen LogP contribution in [-0.2, 0) is 23.9 Å². The fourth-order valence-corrected chi connectivity index (χ4v) is 4.91. The molecule has 3 aliphatic rings. The van der Waals surface area contributed by atoms with E-state index in [1.165, 1.54) is 0 Å². The van der Waals surface area contributed by atoms with Crippen molar-refractivity contribution >= 4 is 23.3 Å². The normalized spacial score (nSPS) is 27.0. The number of ether oxygens (including phenoxy) is 2. The molecule has 2 amide bonds. The summed E-state index contributed by atoms with van der Waals surface area (Å²) in [5.74, 6) is -0.933. The number of hydrogen-bond acceptors (Lipinski definition) is 12. The molecule has 2 fully saturated rings. The Morgan fingerprint density at radius 2 is 1.91 bits per heavy atom. The highest BCUT2D eigenvalue weighted by Gasteiger charge is 2.45. The van der Waals surface area contributed by atoms with E-state index in [1.54, 1.807) is 35.2 Å². The van der Waals surface area contributed by atoms with Crippen LogP contribution in [-0.4, -0.2) is 125 Å². The van der Waals surface area contributed by atoms with E-state index in [2.05, 4.69) is 15.7 Å². The summed E-state index contributed by atoms with van der Waals surface area (Å²) in [6.45, 7) is 1.86. The molecule has 2 saturated heterocycles. The van der Waals surface area contributed by atoms with Crippen molar-refractivity contribution in [3.8, 4) is 0 Å². The molecule has 0 bridgehead atoms. The van der Waals surface area contributed by atoms with Crippen molar-refractivity contribution in [1.82, 2.24) is 15.3 Å². The molecule has 4 rings (SSSR count). The number of nitrogens with two attached hydrogens (primary N) is 1. The summed E-state index contributed by atoms with van der Waals surface area (Å²) in [5.41, 5.74) is 9.43. The fourth-order valence-electron chi connectivity index (χ4n) is 4.91. The number of likely N-dealkylation sites (N-methyl/N-ethyl adjacent to an activating group) is 1. The van der Waals surface area contributed by atoms with E-state index in [9.17, 15) is 30.0 Å². The van der Waals surface area contributed by atoms with Gasteiger partial charge in [-0.3, -0.25) is 15.0 Å². The van der Waals surface area contributed by atoms with Gasteiger partial charge in [-0.05, 0) is 38.1 Å². The number of aliphatic hydroxyl groups excluding tert-OH is 4. The summed E-state index contributed by atoms with van der Waals surface area (Å²) >= 11 is 0. The minimum atomic E-state index is -1.64.